The molecule has 0 saturated heterocycles. The summed E-state index contributed by atoms with van der Waals surface area (Å²) in [4.78, 5) is 5.82. The van der Waals surface area contributed by atoms with Crippen LogP contribution in [0.3, 0.4) is 0 Å². The molecule has 0 aliphatic heterocycles. The topological polar surface area (TPSA) is 34.2 Å². The quantitative estimate of drug-likeness (QED) is 0.843. The summed E-state index contributed by atoms with van der Waals surface area (Å²) in [6.45, 7) is 5.26. The van der Waals surface area contributed by atoms with Gasteiger partial charge in [0.05, 0.1) is 7.11 Å². The van der Waals surface area contributed by atoms with Crippen molar-refractivity contribution in [3.63, 3.8) is 0 Å². The van der Waals surface area contributed by atoms with E-state index >= 15 is 0 Å². The highest BCUT2D eigenvalue weighted by Gasteiger charge is 2.15. The van der Waals surface area contributed by atoms with Crippen molar-refractivity contribution in [1.82, 2.24) is 10.3 Å². The van der Waals surface area contributed by atoms with Crippen LogP contribution in [0.1, 0.15) is 35.5 Å². The van der Waals surface area contributed by atoms with E-state index in [2.05, 4.69) is 47.7 Å². The molecule has 0 aliphatic carbocycles. The standard InChI is InChI=1S/C16H22N2OS/c1-4-7-17-15(16-9-14(19-3)11-20-16)8-13-6-5-12(2)10-18-13/h5-6,9-11,15,17H,4,7-8H2,1-3H3. The normalized spacial score (nSPS) is 12.3. The van der Waals surface area contributed by atoms with Crippen LogP contribution in [0.25, 0.3) is 0 Å². The van der Waals surface area contributed by atoms with Crippen LogP contribution in [0.15, 0.2) is 29.8 Å². The van der Waals surface area contributed by atoms with Crippen LogP contribution in [0.4, 0.5) is 0 Å². The summed E-state index contributed by atoms with van der Waals surface area (Å²) in [5.41, 5.74) is 2.32. The maximum atomic E-state index is 5.28. The van der Waals surface area contributed by atoms with Gasteiger partial charge in [-0.3, -0.25) is 4.98 Å². The van der Waals surface area contributed by atoms with Crippen LogP contribution in [-0.4, -0.2) is 18.6 Å². The van der Waals surface area contributed by atoms with E-state index in [9.17, 15) is 0 Å². The van der Waals surface area contributed by atoms with E-state index in [1.54, 1.807) is 18.4 Å². The van der Waals surface area contributed by atoms with Crippen LogP contribution < -0.4 is 10.1 Å². The first-order valence-corrected chi connectivity index (χ1v) is 7.88. The summed E-state index contributed by atoms with van der Waals surface area (Å²) in [5, 5.41) is 5.66. The molecule has 20 heavy (non-hydrogen) atoms. The molecule has 0 saturated carbocycles. The zero-order chi connectivity index (χ0) is 14.4. The molecule has 108 valence electrons. The minimum Gasteiger partial charge on any atom is -0.496 e. The van der Waals surface area contributed by atoms with Crippen LogP contribution in [0.2, 0.25) is 0 Å². The van der Waals surface area contributed by atoms with E-state index in [0.717, 1.165) is 30.8 Å². The van der Waals surface area contributed by atoms with Crippen molar-refractivity contribution in [2.45, 2.75) is 32.7 Å². The van der Waals surface area contributed by atoms with Gasteiger partial charge in [-0.1, -0.05) is 13.0 Å². The molecular weight excluding hydrogens is 268 g/mol. The molecule has 2 heterocycles. The van der Waals surface area contributed by atoms with Crippen molar-refractivity contribution in [3.8, 4) is 5.75 Å². The number of aryl methyl sites for hydroxylation is 1. The maximum absolute atomic E-state index is 5.28. The molecule has 1 atom stereocenters. The van der Waals surface area contributed by atoms with Gasteiger partial charge < -0.3 is 10.1 Å². The Kier molecular flexibility index (Phi) is 5.56. The van der Waals surface area contributed by atoms with E-state index in [0.29, 0.717) is 6.04 Å². The Morgan fingerprint density at radius 3 is 2.85 bits per heavy atom. The highest BCUT2D eigenvalue weighted by molar-refractivity contribution is 7.10. The molecule has 0 bridgehead atoms. The second kappa shape index (κ2) is 7.41. The van der Waals surface area contributed by atoms with Crippen LogP contribution in [0.5, 0.6) is 5.75 Å². The lowest BCUT2D eigenvalue weighted by atomic mass is 10.1. The summed E-state index contributed by atoms with van der Waals surface area (Å²) < 4.78 is 5.28. The molecule has 2 aromatic heterocycles. The number of rotatable bonds is 7. The SMILES string of the molecule is CCCNC(Cc1ccc(C)cn1)c1cc(OC)cs1. The third-order valence-electron chi connectivity index (χ3n) is 3.20. The second-order valence-corrected chi connectivity index (χ2v) is 5.87. The zero-order valence-electron chi connectivity index (χ0n) is 12.3. The number of nitrogens with one attached hydrogen (secondary N) is 1. The molecule has 1 unspecified atom stereocenters. The Balaban J connectivity index is 2.12. The smallest absolute Gasteiger partial charge is 0.129 e. The van der Waals surface area contributed by atoms with Gasteiger partial charge in [-0.15, -0.1) is 11.3 Å². The Hall–Kier alpha value is -1.39. The highest BCUT2D eigenvalue weighted by atomic mass is 32.1. The molecule has 0 aliphatic rings. The van der Waals surface area contributed by atoms with E-state index in [-0.39, 0.29) is 0 Å². The average molecular weight is 290 g/mol. The van der Waals surface area contributed by atoms with Gasteiger partial charge in [-0.05, 0) is 37.6 Å². The second-order valence-electron chi connectivity index (χ2n) is 4.93. The van der Waals surface area contributed by atoms with Crippen molar-refractivity contribution in [3.05, 3.63) is 45.9 Å². The van der Waals surface area contributed by atoms with Crippen LogP contribution >= 0.6 is 11.3 Å². The lowest BCUT2D eigenvalue weighted by Crippen LogP contribution is -2.23. The van der Waals surface area contributed by atoms with Gasteiger partial charge in [0.25, 0.3) is 0 Å². The van der Waals surface area contributed by atoms with Crippen molar-refractivity contribution < 1.29 is 4.74 Å². The van der Waals surface area contributed by atoms with Crippen molar-refractivity contribution in [1.29, 1.82) is 0 Å². The number of ether oxygens (including phenoxy) is 1. The number of thiophene rings is 1. The number of nitrogens with zero attached hydrogens (tertiary/aromatic N) is 1. The molecular formula is C16H22N2OS. The predicted octanol–water partition coefficient (Wildman–Crippen LogP) is 3.74. The lowest BCUT2D eigenvalue weighted by molar-refractivity contribution is 0.415. The minimum absolute atomic E-state index is 0.305. The number of aromatic nitrogens is 1. The summed E-state index contributed by atoms with van der Waals surface area (Å²) in [5.74, 6) is 0.935. The molecule has 0 radical (unpaired) electrons. The van der Waals surface area contributed by atoms with E-state index in [1.165, 1.54) is 10.4 Å². The number of pyridine rings is 1. The van der Waals surface area contributed by atoms with Gasteiger partial charge in [0, 0.05) is 34.6 Å². The van der Waals surface area contributed by atoms with E-state index in [4.69, 9.17) is 4.74 Å². The summed E-state index contributed by atoms with van der Waals surface area (Å²) >= 11 is 1.74. The Bertz CT molecular complexity index is 522. The zero-order valence-corrected chi connectivity index (χ0v) is 13.2. The van der Waals surface area contributed by atoms with Gasteiger partial charge in [0.2, 0.25) is 0 Å². The van der Waals surface area contributed by atoms with Gasteiger partial charge >= 0.3 is 0 Å². The van der Waals surface area contributed by atoms with Gasteiger partial charge in [0.15, 0.2) is 0 Å². The third kappa shape index (κ3) is 4.05. The largest absolute Gasteiger partial charge is 0.496 e. The average Bonchev–Trinajstić information content (AvgIpc) is 2.94. The molecule has 2 aromatic rings. The maximum Gasteiger partial charge on any atom is 0.129 e. The summed E-state index contributed by atoms with van der Waals surface area (Å²) in [7, 11) is 1.71. The van der Waals surface area contributed by atoms with Crippen molar-refractivity contribution >= 4 is 11.3 Å². The van der Waals surface area contributed by atoms with Gasteiger partial charge in [0.1, 0.15) is 5.75 Å². The van der Waals surface area contributed by atoms with Gasteiger partial charge in [-0.2, -0.15) is 0 Å². The number of methoxy groups -OCH3 is 1. The lowest BCUT2D eigenvalue weighted by Gasteiger charge is -2.16. The fraction of sp³-hybridized carbons (Fsp3) is 0.438. The van der Waals surface area contributed by atoms with E-state index in [1.807, 2.05) is 6.20 Å². The number of hydrogen-bond acceptors (Lipinski definition) is 4. The first-order chi connectivity index (χ1) is 9.72. The number of hydrogen-bond donors (Lipinski definition) is 1. The molecule has 0 spiro atoms. The van der Waals surface area contributed by atoms with Crippen LogP contribution in [-0.2, 0) is 6.42 Å². The van der Waals surface area contributed by atoms with Crippen LogP contribution in [0, 0.1) is 6.92 Å². The third-order valence-corrected chi connectivity index (χ3v) is 4.23. The highest BCUT2D eigenvalue weighted by Crippen LogP contribution is 2.28. The van der Waals surface area contributed by atoms with Gasteiger partial charge in [-0.25, -0.2) is 0 Å². The molecule has 0 fully saturated rings. The first kappa shape index (κ1) is 15.0. The monoisotopic (exact) mass is 290 g/mol. The summed E-state index contributed by atoms with van der Waals surface area (Å²) in [6.07, 6.45) is 3.96. The molecule has 0 aromatic carbocycles. The predicted molar refractivity (Wildman–Crippen MR) is 84.6 cm³/mol. The Labute approximate surface area is 125 Å². The fourth-order valence-electron chi connectivity index (χ4n) is 2.04. The Morgan fingerprint density at radius 2 is 2.25 bits per heavy atom. The minimum atomic E-state index is 0.305. The van der Waals surface area contributed by atoms with Crippen molar-refractivity contribution in [2.24, 2.45) is 0 Å². The molecule has 1 N–H and O–H groups in total. The fourth-order valence-corrected chi connectivity index (χ4v) is 2.98. The molecule has 2 rings (SSSR count). The van der Waals surface area contributed by atoms with Crippen molar-refractivity contribution in [2.75, 3.05) is 13.7 Å². The molecule has 0 amide bonds. The molecule has 4 heteroatoms. The first-order valence-electron chi connectivity index (χ1n) is 7.00. The summed E-state index contributed by atoms with van der Waals surface area (Å²) in [6, 6.07) is 6.65. The Morgan fingerprint density at radius 1 is 1.40 bits per heavy atom. The van der Waals surface area contributed by atoms with E-state index < -0.39 is 0 Å². The molecule has 3 nitrogen and oxygen atoms in total.